The van der Waals surface area contributed by atoms with Crippen molar-refractivity contribution < 1.29 is 9.90 Å². The molecule has 0 saturated heterocycles. The average molecular weight is 307 g/mol. The quantitative estimate of drug-likeness (QED) is 0.798. The lowest BCUT2D eigenvalue weighted by molar-refractivity contribution is -0.0689. The predicted octanol–water partition coefficient (Wildman–Crippen LogP) is 3.02. The van der Waals surface area contributed by atoms with E-state index in [-0.39, 0.29) is 23.5 Å². The van der Waals surface area contributed by atoms with Gasteiger partial charge in [0.05, 0.1) is 11.7 Å². The van der Waals surface area contributed by atoms with E-state index in [2.05, 4.69) is 10.3 Å². The molecule has 1 fully saturated rings. The fraction of sp³-hybridized carbons (Fsp3) is 0.438. The van der Waals surface area contributed by atoms with Crippen molar-refractivity contribution >= 4 is 28.4 Å². The van der Waals surface area contributed by atoms with Gasteiger partial charge in [-0.15, -0.1) is 0 Å². The first kappa shape index (κ1) is 14.4. The van der Waals surface area contributed by atoms with Crippen LogP contribution in [0, 0.1) is 12.3 Å². The molecule has 1 saturated carbocycles. The number of nitrogens with one attached hydrogen (secondary N) is 2. The summed E-state index contributed by atoms with van der Waals surface area (Å²) in [6.45, 7) is 5.81. The highest BCUT2D eigenvalue weighted by atomic mass is 35.5. The van der Waals surface area contributed by atoms with Crippen LogP contribution in [-0.4, -0.2) is 28.1 Å². The van der Waals surface area contributed by atoms with E-state index < -0.39 is 0 Å². The second-order valence-electron chi connectivity index (χ2n) is 6.41. The summed E-state index contributed by atoms with van der Waals surface area (Å²) >= 11 is 6.03. The molecule has 0 spiro atoms. The number of aliphatic hydroxyl groups is 1. The number of amides is 1. The van der Waals surface area contributed by atoms with E-state index in [1.807, 2.05) is 26.8 Å². The van der Waals surface area contributed by atoms with Gasteiger partial charge in [0, 0.05) is 33.1 Å². The fourth-order valence-electron chi connectivity index (χ4n) is 2.97. The molecule has 1 aromatic heterocycles. The van der Waals surface area contributed by atoms with E-state index in [9.17, 15) is 9.90 Å². The van der Waals surface area contributed by atoms with Crippen molar-refractivity contribution in [2.75, 3.05) is 0 Å². The van der Waals surface area contributed by atoms with Gasteiger partial charge in [-0.1, -0.05) is 25.4 Å². The SMILES string of the molecule is Cc1[nH]c2ccc(Cl)cc2c1C(=O)NC1CC(O)C1(C)C. The Kier molecular flexibility index (Phi) is 3.26. The molecule has 2 atom stereocenters. The van der Waals surface area contributed by atoms with Crippen LogP contribution >= 0.6 is 11.6 Å². The maximum atomic E-state index is 12.6. The number of fused-ring (bicyclic) bond motifs is 1. The van der Waals surface area contributed by atoms with Crippen molar-refractivity contribution in [3.05, 3.63) is 34.5 Å². The Bertz CT molecular complexity index is 720. The summed E-state index contributed by atoms with van der Waals surface area (Å²) in [6, 6.07) is 5.46. The standard InChI is InChI=1S/C16H19ClN2O2/c1-8-14(10-6-9(17)4-5-11(10)18-8)15(21)19-12-7-13(20)16(12,2)3/h4-6,12-13,18,20H,7H2,1-3H3,(H,19,21). The Balaban J connectivity index is 1.92. The van der Waals surface area contributed by atoms with Crippen LogP contribution in [0.3, 0.4) is 0 Å². The lowest BCUT2D eigenvalue weighted by Crippen LogP contribution is -2.61. The smallest absolute Gasteiger partial charge is 0.253 e. The Hall–Kier alpha value is -1.52. The van der Waals surface area contributed by atoms with E-state index >= 15 is 0 Å². The van der Waals surface area contributed by atoms with E-state index in [4.69, 9.17) is 11.6 Å². The Morgan fingerprint density at radius 2 is 2.19 bits per heavy atom. The second kappa shape index (κ2) is 4.75. The number of benzene rings is 1. The van der Waals surface area contributed by atoms with Crippen LogP contribution < -0.4 is 5.32 Å². The van der Waals surface area contributed by atoms with Gasteiger partial charge in [-0.05, 0) is 31.5 Å². The third-order valence-electron chi connectivity index (χ3n) is 4.70. The Morgan fingerprint density at radius 1 is 1.48 bits per heavy atom. The zero-order chi connectivity index (χ0) is 15.4. The van der Waals surface area contributed by atoms with Crippen LogP contribution in [0.25, 0.3) is 10.9 Å². The van der Waals surface area contributed by atoms with Gasteiger partial charge in [-0.3, -0.25) is 4.79 Å². The number of rotatable bonds is 2. The topological polar surface area (TPSA) is 65.1 Å². The van der Waals surface area contributed by atoms with Gasteiger partial charge in [-0.25, -0.2) is 0 Å². The molecule has 2 unspecified atom stereocenters. The first-order valence-corrected chi connectivity index (χ1v) is 7.45. The summed E-state index contributed by atoms with van der Waals surface area (Å²) in [5.41, 5.74) is 2.06. The maximum Gasteiger partial charge on any atom is 0.253 e. The lowest BCUT2D eigenvalue weighted by Gasteiger charge is -2.49. The minimum atomic E-state index is -0.360. The number of aryl methyl sites for hydroxylation is 1. The first-order chi connectivity index (χ1) is 9.80. The Labute approximate surface area is 128 Å². The molecule has 0 radical (unpaired) electrons. The van der Waals surface area contributed by atoms with E-state index in [1.165, 1.54) is 0 Å². The van der Waals surface area contributed by atoms with Crippen LogP contribution in [0.2, 0.25) is 5.02 Å². The zero-order valence-electron chi connectivity index (χ0n) is 12.3. The molecule has 0 bridgehead atoms. The number of hydrogen-bond acceptors (Lipinski definition) is 2. The monoisotopic (exact) mass is 306 g/mol. The molecule has 1 aliphatic carbocycles. The van der Waals surface area contributed by atoms with Crippen molar-refractivity contribution in [2.45, 2.75) is 39.3 Å². The van der Waals surface area contributed by atoms with Crippen molar-refractivity contribution in [2.24, 2.45) is 5.41 Å². The number of aliphatic hydroxyl groups excluding tert-OH is 1. The van der Waals surface area contributed by atoms with Crippen molar-refractivity contribution in [3.8, 4) is 0 Å². The van der Waals surface area contributed by atoms with Crippen molar-refractivity contribution in [3.63, 3.8) is 0 Å². The summed E-state index contributed by atoms with van der Waals surface area (Å²) in [7, 11) is 0. The molecule has 1 heterocycles. The third-order valence-corrected chi connectivity index (χ3v) is 4.93. The second-order valence-corrected chi connectivity index (χ2v) is 6.85. The molecule has 3 N–H and O–H groups in total. The first-order valence-electron chi connectivity index (χ1n) is 7.07. The van der Waals surface area contributed by atoms with Gasteiger partial charge in [0.15, 0.2) is 0 Å². The number of carbonyl (C=O) groups is 1. The molecule has 1 aromatic carbocycles. The molecule has 0 aliphatic heterocycles. The molecule has 5 heteroatoms. The van der Waals surface area contributed by atoms with Crippen LogP contribution in [0.15, 0.2) is 18.2 Å². The molecule has 2 aromatic rings. The summed E-state index contributed by atoms with van der Waals surface area (Å²) in [6.07, 6.45) is 0.238. The summed E-state index contributed by atoms with van der Waals surface area (Å²) in [4.78, 5) is 15.8. The van der Waals surface area contributed by atoms with Crippen LogP contribution in [-0.2, 0) is 0 Å². The third kappa shape index (κ3) is 2.23. The van der Waals surface area contributed by atoms with Crippen LogP contribution in [0.1, 0.15) is 36.3 Å². The summed E-state index contributed by atoms with van der Waals surface area (Å²) in [5, 5.41) is 14.2. The van der Waals surface area contributed by atoms with Gasteiger partial charge in [0.25, 0.3) is 5.91 Å². The van der Waals surface area contributed by atoms with Gasteiger partial charge >= 0.3 is 0 Å². The van der Waals surface area contributed by atoms with E-state index in [0.29, 0.717) is 17.0 Å². The van der Waals surface area contributed by atoms with Gasteiger partial charge < -0.3 is 15.4 Å². The molecule has 4 nitrogen and oxygen atoms in total. The molecular formula is C16H19ClN2O2. The largest absolute Gasteiger partial charge is 0.392 e. The van der Waals surface area contributed by atoms with Gasteiger partial charge in [0.2, 0.25) is 0 Å². The number of hydrogen-bond donors (Lipinski definition) is 3. The highest BCUT2D eigenvalue weighted by molar-refractivity contribution is 6.31. The maximum absolute atomic E-state index is 12.6. The molecular weight excluding hydrogens is 288 g/mol. The molecule has 1 aliphatic rings. The normalized spacial score (nSPS) is 23.9. The summed E-state index contributed by atoms with van der Waals surface area (Å²) < 4.78 is 0. The number of H-pyrrole nitrogens is 1. The van der Waals surface area contributed by atoms with Crippen molar-refractivity contribution in [1.82, 2.24) is 10.3 Å². The molecule has 1 amide bonds. The van der Waals surface area contributed by atoms with Gasteiger partial charge in [0.1, 0.15) is 0 Å². The fourth-order valence-corrected chi connectivity index (χ4v) is 3.14. The van der Waals surface area contributed by atoms with Crippen molar-refractivity contribution in [1.29, 1.82) is 0 Å². The highest BCUT2D eigenvalue weighted by Gasteiger charge is 2.48. The molecule has 3 rings (SSSR count). The van der Waals surface area contributed by atoms with Crippen LogP contribution in [0.5, 0.6) is 0 Å². The minimum absolute atomic E-state index is 0.0106. The predicted molar refractivity (Wildman–Crippen MR) is 83.7 cm³/mol. The Morgan fingerprint density at radius 3 is 2.81 bits per heavy atom. The number of halogens is 1. The summed E-state index contributed by atoms with van der Waals surface area (Å²) in [5.74, 6) is -0.119. The minimum Gasteiger partial charge on any atom is -0.392 e. The zero-order valence-corrected chi connectivity index (χ0v) is 13.1. The molecule has 21 heavy (non-hydrogen) atoms. The van der Waals surface area contributed by atoms with Crippen LogP contribution in [0.4, 0.5) is 0 Å². The van der Waals surface area contributed by atoms with Gasteiger partial charge in [-0.2, -0.15) is 0 Å². The van der Waals surface area contributed by atoms with E-state index in [1.54, 1.807) is 12.1 Å². The number of carbonyl (C=O) groups excluding carboxylic acids is 1. The molecule has 112 valence electrons. The highest BCUT2D eigenvalue weighted by Crippen LogP contribution is 2.40. The van der Waals surface area contributed by atoms with E-state index in [0.717, 1.165) is 16.6 Å². The lowest BCUT2D eigenvalue weighted by atomic mass is 9.64. The number of aromatic nitrogens is 1. The average Bonchev–Trinajstić information content (AvgIpc) is 2.73. The number of aromatic amines is 1.